The Morgan fingerprint density at radius 3 is 2.44 bits per heavy atom. The molecule has 5 nitrogen and oxygen atoms in total. The molecule has 0 bridgehead atoms. The van der Waals surface area contributed by atoms with Crippen molar-refractivity contribution in [3.05, 3.63) is 58.9 Å². The van der Waals surface area contributed by atoms with E-state index >= 15 is 0 Å². The van der Waals surface area contributed by atoms with Gasteiger partial charge >= 0.3 is 6.36 Å². The number of aromatic nitrogens is 1. The molecule has 0 fully saturated rings. The Bertz CT molecular complexity index is 703. The van der Waals surface area contributed by atoms with Crippen LogP contribution in [0.5, 0.6) is 5.75 Å². The van der Waals surface area contributed by atoms with Crippen molar-refractivity contribution < 1.29 is 17.9 Å². The molecule has 9 heteroatoms. The predicted molar refractivity (Wildman–Crippen MR) is 89.4 cm³/mol. The summed E-state index contributed by atoms with van der Waals surface area (Å²) in [6, 6.07) is 9.04. The van der Waals surface area contributed by atoms with E-state index in [1.54, 1.807) is 12.3 Å². The van der Waals surface area contributed by atoms with Crippen molar-refractivity contribution in [2.45, 2.75) is 19.3 Å². The number of alkyl halides is 3. The molecule has 0 aliphatic rings. The number of nitrogens with two attached hydrogens (primary N) is 1. The molecule has 134 valence electrons. The summed E-state index contributed by atoms with van der Waals surface area (Å²) in [4.78, 5) is 8.11. The van der Waals surface area contributed by atoms with Crippen molar-refractivity contribution >= 4 is 17.6 Å². The lowest BCUT2D eigenvalue weighted by atomic mass is 10.2. The highest BCUT2D eigenvalue weighted by molar-refractivity contribution is 6.29. The summed E-state index contributed by atoms with van der Waals surface area (Å²) in [7, 11) is 0. The SMILES string of the molecule is NC(=NCc1ccc(OC(F)(F)F)cc1)NCCc1ccc(Cl)nc1. The third-order valence-electron chi connectivity index (χ3n) is 3.10. The van der Waals surface area contributed by atoms with Gasteiger partial charge in [0.1, 0.15) is 10.9 Å². The largest absolute Gasteiger partial charge is 0.573 e. The Labute approximate surface area is 147 Å². The van der Waals surface area contributed by atoms with E-state index in [1.807, 2.05) is 6.07 Å². The van der Waals surface area contributed by atoms with Gasteiger partial charge in [-0.15, -0.1) is 13.2 Å². The topological polar surface area (TPSA) is 72.5 Å². The molecular formula is C16H16ClF3N4O. The second-order valence-electron chi connectivity index (χ2n) is 5.06. The predicted octanol–water partition coefficient (Wildman–Crippen LogP) is 3.28. The van der Waals surface area contributed by atoms with Crippen LogP contribution in [0, 0.1) is 0 Å². The molecule has 2 rings (SSSR count). The zero-order valence-corrected chi connectivity index (χ0v) is 13.8. The number of guanidine groups is 1. The number of hydrogen-bond donors (Lipinski definition) is 2. The average Bonchev–Trinajstić information content (AvgIpc) is 2.55. The maximum atomic E-state index is 12.1. The molecule has 1 heterocycles. The van der Waals surface area contributed by atoms with Gasteiger partial charge in [-0.3, -0.25) is 0 Å². The first-order valence-electron chi connectivity index (χ1n) is 7.31. The van der Waals surface area contributed by atoms with E-state index in [2.05, 4.69) is 20.0 Å². The minimum Gasteiger partial charge on any atom is -0.406 e. The highest BCUT2D eigenvalue weighted by atomic mass is 35.5. The van der Waals surface area contributed by atoms with Crippen molar-refractivity contribution in [1.29, 1.82) is 0 Å². The number of hydrogen-bond acceptors (Lipinski definition) is 3. The summed E-state index contributed by atoms with van der Waals surface area (Å²) in [6.07, 6.45) is -2.32. The van der Waals surface area contributed by atoms with Gasteiger partial charge < -0.3 is 15.8 Å². The Morgan fingerprint density at radius 2 is 1.84 bits per heavy atom. The maximum absolute atomic E-state index is 12.1. The number of nitrogens with zero attached hydrogens (tertiary/aromatic N) is 2. The second-order valence-corrected chi connectivity index (χ2v) is 5.45. The van der Waals surface area contributed by atoms with Crippen LogP contribution in [0.1, 0.15) is 11.1 Å². The fourth-order valence-electron chi connectivity index (χ4n) is 1.92. The molecule has 0 saturated heterocycles. The number of rotatable bonds is 6. The zero-order chi connectivity index (χ0) is 18.3. The zero-order valence-electron chi connectivity index (χ0n) is 13.1. The molecule has 0 saturated carbocycles. The Balaban J connectivity index is 1.77. The molecule has 0 radical (unpaired) electrons. The van der Waals surface area contributed by atoms with Gasteiger partial charge in [0.15, 0.2) is 5.96 Å². The maximum Gasteiger partial charge on any atom is 0.573 e. The number of benzene rings is 1. The number of aliphatic imine (C=N–C) groups is 1. The van der Waals surface area contributed by atoms with Gasteiger partial charge in [0, 0.05) is 12.7 Å². The Hall–Kier alpha value is -2.48. The van der Waals surface area contributed by atoms with Gasteiger partial charge in [-0.05, 0) is 35.7 Å². The molecule has 2 aromatic rings. The van der Waals surface area contributed by atoms with Crippen LogP contribution in [-0.4, -0.2) is 23.9 Å². The summed E-state index contributed by atoms with van der Waals surface area (Å²) in [5, 5.41) is 3.39. The van der Waals surface area contributed by atoms with Crippen LogP contribution < -0.4 is 15.8 Å². The lowest BCUT2D eigenvalue weighted by Gasteiger charge is -2.09. The summed E-state index contributed by atoms with van der Waals surface area (Å²) in [5.74, 6) is -0.0274. The minimum atomic E-state index is -4.70. The highest BCUT2D eigenvalue weighted by Crippen LogP contribution is 2.22. The van der Waals surface area contributed by atoms with Crippen LogP contribution >= 0.6 is 11.6 Å². The van der Waals surface area contributed by atoms with Crippen LogP contribution in [0.2, 0.25) is 5.15 Å². The molecule has 0 aliphatic carbocycles. The van der Waals surface area contributed by atoms with Crippen molar-refractivity contribution in [1.82, 2.24) is 10.3 Å². The molecule has 0 spiro atoms. The van der Waals surface area contributed by atoms with E-state index in [-0.39, 0.29) is 18.3 Å². The smallest absolute Gasteiger partial charge is 0.406 e. The van der Waals surface area contributed by atoms with Gasteiger partial charge in [-0.1, -0.05) is 29.8 Å². The first-order valence-corrected chi connectivity index (χ1v) is 7.68. The minimum absolute atomic E-state index is 0.244. The van der Waals surface area contributed by atoms with Crippen LogP contribution in [0.25, 0.3) is 0 Å². The normalized spacial score (nSPS) is 12.1. The number of nitrogens with one attached hydrogen (secondary N) is 1. The summed E-state index contributed by atoms with van der Waals surface area (Å²) >= 11 is 5.71. The Morgan fingerprint density at radius 1 is 1.16 bits per heavy atom. The lowest BCUT2D eigenvalue weighted by Crippen LogP contribution is -2.33. The van der Waals surface area contributed by atoms with Crippen molar-refractivity contribution in [3.63, 3.8) is 0 Å². The fourth-order valence-corrected chi connectivity index (χ4v) is 2.03. The highest BCUT2D eigenvalue weighted by Gasteiger charge is 2.30. The fraction of sp³-hybridized carbons (Fsp3) is 0.250. The number of pyridine rings is 1. The third-order valence-corrected chi connectivity index (χ3v) is 3.32. The van der Waals surface area contributed by atoms with E-state index in [9.17, 15) is 13.2 Å². The van der Waals surface area contributed by atoms with Crippen LogP contribution in [0.15, 0.2) is 47.6 Å². The molecule has 3 N–H and O–H groups in total. The van der Waals surface area contributed by atoms with Gasteiger partial charge in [-0.2, -0.15) is 0 Å². The van der Waals surface area contributed by atoms with E-state index in [0.29, 0.717) is 23.7 Å². The van der Waals surface area contributed by atoms with Crippen LogP contribution in [0.3, 0.4) is 0 Å². The third kappa shape index (κ3) is 7.30. The average molecular weight is 373 g/mol. The van der Waals surface area contributed by atoms with Crippen LogP contribution in [0.4, 0.5) is 13.2 Å². The Kier molecular flexibility index (Phi) is 6.46. The summed E-state index contributed by atoms with van der Waals surface area (Å²) in [5.41, 5.74) is 7.47. The van der Waals surface area contributed by atoms with E-state index < -0.39 is 6.36 Å². The van der Waals surface area contributed by atoms with Gasteiger partial charge in [0.25, 0.3) is 0 Å². The van der Waals surface area contributed by atoms with Crippen molar-refractivity contribution in [2.75, 3.05) is 6.54 Å². The molecule has 0 atom stereocenters. The second kappa shape index (κ2) is 8.57. The van der Waals surface area contributed by atoms with Gasteiger partial charge in [0.2, 0.25) is 0 Å². The van der Waals surface area contributed by atoms with Gasteiger partial charge in [0.05, 0.1) is 6.54 Å². The van der Waals surface area contributed by atoms with Crippen molar-refractivity contribution in [2.24, 2.45) is 10.7 Å². The summed E-state index contributed by atoms with van der Waals surface area (Å²) in [6.45, 7) is 0.810. The van der Waals surface area contributed by atoms with Gasteiger partial charge in [-0.25, -0.2) is 9.98 Å². The monoisotopic (exact) mass is 372 g/mol. The molecule has 0 unspecified atom stereocenters. The van der Waals surface area contributed by atoms with E-state index in [1.165, 1.54) is 24.3 Å². The first kappa shape index (κ1) is 18.9. The van der Waals surface area contributed by atoms with E-state index in [0.717, 1.165) is 5.56 Å². The quantitative estimate of drug-likeness (QED) is 0.463. The molecule has 25 heavy (non-hydrogen) atoms. The lowest BCUT2D eigenvalue weighted by molar-refractivity contribution is -0.274. The van der Waals surface area contributed by atoms with E-state index in [4.69, 9.17) is 17.3 Å². The molecule has 0 aliphatic heterocycles. The molecular weight excluding hydrogens is 357 g/mol. The first-order chi connectivity index (χ1) is 11.8. The number of halogens is 4. The standard InChI is InChI=1S/C16H16ClF3N4O/c17-14-6-3-12(9-23-14)7-8-22-15(21)24-10-11-1-4-13(5-2-11)25-16(18,19)20/h1-6,9H,7-8,10H2,(H3,21,22,24). The molecule has 0 amide bonds. The number of ether oxygens (including phenoxy) is 1. The summed E-state index contributed by atoms with van der Waals surface area (Å²) < 4.78 is 40.0. The van der Waals surface area contributed by atoms with Crippen LogP contribution in [-0.2, 0) is 13.0 Å². The van der Waals surface area contributed by atoms with Crippen molar-refractivity contribution in [3.8, 4) is 5.75 Å². The molecule has 1 aromatic heterocycles. The molecule has 1 aromatic carbocycles.